The lowest BCUT2D eigenvalue weighted by Gasteiger charge is -2.23. The molecular formula is C24H28N2O4. The van der Waals surface area contributed by atoms with Crippen LogP contribution in [-0.2, 0) is 27.2 Å². The highest BCUT2D eigenvalue weighted by Crippen LogP contribution is 2.33. The van der Waals surface area contributed by atoms with Gasteiger partial charge in [-0.2, -0.15) is 0 Å². The zero-order chi connectivity index (χ0) is 21.1. The number of ketones is 1. The number of fused-ring (bicyclic) bond motifs is 1. The van der Waals surface area contributed by atoms with Crippen LogP contribution >= 0.6 is 0 Å². The molecule has 6 heteroatoms. The highest BCUT2D eigenvalue weighted by Gasteiger charge is 2.30. The van der Waals surface area contributed by atoms with Crippen LogP contribution in [0.1, 0.15) is 66.3 Å². The third kappa shape index (κ3) is 4.30. The van der Waals surface area contributed by atoms with Crippen molar-refractivity contribution < 1.29 is 19.4 Å². The van der Waals surface area contributed by atoms with Gasteiger partial charge in [0.15, 0.2) is 0 Å². The molecule has 6 nitrogen and oxygen atoms in total. The number of carbonyl (C=O) groups excluding carboxylic acids is 1. The second kappa shape index (κ2) is 9.06. The van der Waals surface area contributed by atoms with Gasteiger partial charge < -0.3 is 14.6 Å². The van der Waals surface area contributed by atoms with E-state index in [4.69, 9.17) is 9.47 Å². The number of aliphatic imine (C=N–C) groups is 1. The first kappa shape index (κ1) is 20.7. The molecule has 1 N–H and O–H groups in total. The van der Waals surface area contributed by atoms with E-state index in [0.717, 1.165) is 36.1 Å². The Hall–Kier alpha value is -2.57. The van der Waals surface area contributed by atoms with Gasteiger partial charge in [-0.1, -0.05) is 30.3 Å². The number of carbonyl (C=O) groups is 1. The first-order chi connectivity index (χ1) is 14.6. The molecule has 0 amide bonds. The number of methoxy groups -OCH3 is 1. The number of hydrogen-bond acceptors (Lipinski definition) is 6. The summed E-state index contributed by atoms with van der Waals surface area (Å²) in [5, 5.41) is 10.2. The van der Waals surface area contributed by atoms with Crippen molar-refractivity contribution in [2.24, 2.45) is 4.99 Å². The topological polar surface area (TPSA) is 81.0 Å². The number of pyridine rings is 1. The van der Waals surface area contributed by atoms with E-state index < -0.39 is 6.10 Å². The summed E-state index contributed by atoms with van der Waals surface area (Å²) < 4.78 is 11.3. The van der Waals surface area contributed by atoms with Gasteiger partial charge in [0.1, 0.15) is 5.78 Å². The van der Waals surface area contributed by atoms with Crippen molar-refractivity contribution in [1.82, 2.24) is 4.98 Å². The Balaban J connectivity index is 1.54. The Morgan fingerprint density at radius 2 is 2.13 bits per heavy atom. The largest absolute Gasteiger partial charge is 0.481 e. The second-order valence-electron chi connectivity index (χ2n) is 8.02. The maximum absolute atomic E-state index is 13.0. The smallest absolute Gasteiger partial charge is 0.218 e. The SMILES string of the molecule is COC1=NCc2cc(CC(=O)C[C@@H](c3ccccc3)[C@H]3CCCO3)nc([C@H](C)O)c21. The molecular weight excluding hydrogens is 380 g/mol. The van der Waals surface area contributed by atoms with Crippen molar-refractivity contribution in [3.63, 3.8) is 0 Å². The van der Waals surface area contributed by atoms with Crippen molar-refractivity contribution in [3.05, 3.63) is 64.5 Å². The minimum absolute atomic E-state index is 0.0512. The Morgan fingerprint density at radius 1 is 1.33 bits per heavy atom. The van der Waals surface area contributed by atoms with E-state index in [1.54, 1.807) is 14.0 Å². The number of aliphatic hydroxyl groups is 1. The maximum atomic E-state index is 13.0. The van der Waals surface area contributed by atoms with Gasteiger partial charge in [-0.05, 0) is 37.0 Å². The number of benzene rings is 1. The molecule has 2 aliphatic heterocycles. The van der Waals surface area contributed by atoms with Gasteiger partial charge >= 0.3 is 0 Å². The zero-order valence-corrected chi connectivity index (χ0v) is 17.5. The van der Waals surface area contributed by atoms with Crippen LogP contribution in [-0.4, -0.2) is 41.6 Å². The summed E-state index contributed by atoms with van der Waals surface area (Å²) in [6.45, 7) is 2.90. The summed E-state index contributed by atoms with van der Waals surface area (Å²) in [5.74, 6) is 0.665. The normalized spacial score (nSPS) is 19.8. The average Bonchev–Trinajstić information content (AvgIpc) is 3.42. The van der Waals surface area contributed by atoms with Gasteiger partial charge in [0, 0.05) is 31.1 Å². The molecule has 3 heterocycles. The molecule has 4 rings (SSSR count). The van der Waals surface area contributed by atoms with E-state index in [0.29, 0.717) is 30.3 Å². The Kier molecular flexibility index (Phi) is 6.25. The molecule has 30 heavy (non-hydrogen) atoms. The lowest BCUT2D eigenvalue weighted by Crippen LogP contribution is -2.22. The predicted octanol–water partition coefficient (Wildman–Crippen LogP) is 3.51. The van der Waals surface area contributed by atoms with Crippen LogP contribution in [0.3, 0.4) is 0 Å². The fourth-order valence-electron chi connectivity index (χ4n) is 4.45. The Labute approximate surface area is 177 Å². The molecule has 0 radical (unpaired) electrons. The van der Waals surface area contributed by atoms with Gasteiger partial charge in [-0.3, -0.25) is 9.78 Å². The number of hydrogen-bond donors (Lipinski definition) is 1. The van der Waals surface area contributed by atoms with Crippen molar-refractivity contribution in [1.29, 1.82) is 0 Å². The van der Waals surface area contributed by atoms with Gasteiger partial charge in [0.25, 0.3) is 0 Å². The lowest BCUT2D eigenvalue weighted by atomic mass is 9.86. The molecule has 2 aliphatic rings. The highest BCUT2D eigenvalue weighted by atomic mass is 16.5. The quantitative estimate of drug-likeness (QED) is 0.758. The van der Waals surface area contributed by atoms with Crippen molar-refractivity contribution in [2.45, 2.75) is 57.3 Å². The summed E-state index contributed by atoms with van der Waals surface area (Å²) in [7, 11) is 1.56. The standard InChI is InChI=1S/C24H28N2O4/c1-15(27)23-22-17(14-25-24(22)29-2)11-18(26-23)12-19(28)13-20(21-9-6-10-30-21)16-7-4-3-5-8-16/h3-5,7-8,11,15,20-21,27H,6,9-10,12-14H2,1-2H3/t15-,20-,21+/m0/s1. The molecule has 0 bridgehead atoms. The van der Waals surface area contributed by atoms with Gasteiger partial charge in [-0.15, -0.1) is 0 Å². The van der Waals surface area contributed by atoms with E-state index in [-0.39, 0.29) is 24.2 Å². The van der Waals surface area contributed by atoms with Crippen LogP contribution in [0.5, 0.6) is 0 Å². The molecule has 2 aromatic rings. The Morgan fingerprint density at radius 3 is 2.80 bits per heavy atom. The minimum Gasteiger partial charge on any atom is -0.481 e. The lowest BCUT2D eigenvalue weighted by molar-refractivity contribution is -0.119. The van der Waals surface area contributed by atoms with Crippen molar-refractivity contribution in [2.75, 3.05) is 13.7 Å². The van der Waals surface area contributed by atoms with Crippen LogP contribution in [0.4, 0.5) is 0 Å². The number of ether oxygens (including phenoxy) is 2. The number of Topliss-reactive ketones (excluding diaryl/α,β-unsaturated/α-hetero) is 1. The van der Waals surface area contributed by atoms with E-state index in [1.165, 1.54) is 0 Å². The van der Waals surface area contributed by atoms with Gasteiger partial charge in [-0.25, -0.2) is 4.99 Å². The zero-order valence-electron chi connectivity index (χ0n) is 17.5. The monoisotopic (exact) mass is 408 g/mol. The van der Waals surface area contributed by atoms with E-state index >= 15 is 0 Å². The number of aliphatic hydroxyl groups excluding tert-OH is 1. The van der Waals surface area contributed by atoms with Crippen LogP contribution in [0.25, 0.3) is 0 Å². The van der Waals surface area contributed by atoms with Crippen LogP contribution in [0, 0.1) is 0 Å². The number of aromatic nitrogens is 1. The number of nitrogens with zero attached hydrogens (tertiary/aromatic N) is 2. The van der Waals surface area contributed by atoms with Crippen LogP contribution in [0.2, 0.25) is 0 Å². The molecule has 1 saturated heterocycles. The molecule has 0 spiro atoms. The van der Waals surface area contributed by atoms with E-state index in [2.05, 4.69) is 22.1 Å². The number of rotatable bonds is 7. The van der Waals surface area contributed by atoms with E-state index in [1.807, 2.05) is 24.3 Å². The molecule has 0 saturated carbocycles. The molecule has 3 atom stereocenters. The van der Waals surface area contributed by atoms with Crippen LogP contribution in [0.15, 0.2) is 41.4 Å². The van der Waals surface area contributed by atoms with Crippen molar-refractivity contribution >= 4 is 11.7 Å². The molecule has 1 aromatic heterocycles. The molecule has 0 unspecified atom stereocenters. The average molecular weight is 408 g/mol. The Bertz CT molecular complexity index is 934. The van der Waals surface area contributed by atoms with Crippen molar-refractivity contribution in [3.8, 4) is 0 Å². The highest BCUT2D eigenvalue weighted by molar-refractivity contribution is 5.99. The first-order valence-electron chi connectivity index (χ1n) is 10.5. The maximum Gasteiger partial charge on any atom is 0.218 e. The third-order valence-electron chi connectivity index (χ3n) is 5.85. The molecule has 158 valence electrons. The summed E-state index contributed by atoms with van der Waals surface area (Å²) in [6, 6.07) is 12.1. The molecule has 1 aromatic carbocycles. The third-order valence-corrected chi connectivity index (χ3v) is 5.85. The van der Waals surface area contributed by atoms with Crippen LogP contribution < -0.4 is 0 Å². The fraction of sp³-hybridized carbons (Fsp3) is 0.458. The predicted molar refractivity (Wildman–Crippen MR) is 114 cm³/mol. The first-order valence-corrected chi connectivity index (χ1v) is 10.5. The summed E-state index contributed by atoms with van der Waals surface area (Å²) >= 11 is 0. The summed E-state index contributed by atoms with van der Waals surface area (Å²) in [5.41, 5.74) is 4.03. The summed E-state index contributed by atoms with van der Waals surface area (Å²) in [6.07, 6.45) is 1.97. The van der Waals surface area contributed by atoms with Gasteiger partial charge in [0.2, 0.25) is 5.90 Å². The molecule has 0 aliphatic carbocycles. The van der Waals surface area contributed by atoms with Gasteiger partial charge in [0.05, 0.1) is 37.1 Å². The molecule has 1 fully saturated rings. The summed E-state index contributed by atoms with van der Waals surface area (Å²) in [4.78, 5) is 22.0. The van der Waals surface area contributed by atoms with E-state index in [9.17, 15) is 9.90 Å². The fourth-order valence-corrected chi connectivity index (χ4v) is 4.45. The minimum atomic E-state index is -0.767. The second-order valence-corrected chi connectivity index (χ2v) is 8.02.